The van der Waals surface area contributed by atoms with Crippen molar-refractivity contribution in [2.75, 3.05) is 13.7 Å². The standard InChI is InChI=1S/C10H14N4O2/c1-16-6-9(15)7-2-4-8(5-3-7)10(11)13-14-12/h2-5,14H,6,12H2,1H3,(H2,11,13). The number of nitrogens with two attached hydrogens (primary N) is 2. The number of amidine groups is 1. The first-order valence-corrected chi connectivity index (χ1v) is 4.60. The van der Waals surface area contributed by atoms with E-state index in [1.807, 2.05) is 0 Å². The van der Waals surface area contributed by atoms with Crippen LogP contribution in [0.15, 0.2) is 29.4 Å². The number of ether oxygens (including phenoxy) is 1. The summed E-state index contributed by atoms with van der Waals surface area (Å²) >= 11 is 0. The Bertz CT molecular complexity index is 386. The third-order valence-electron chi connectivity index (χ3n) is 1.96. The Morgan fingerprint density at radius 3 is 2.44 bits per heavy atom. The number of Topliss-reactive ketones (excluding diaryl/α,β-unsaturated/α-hetero) is 1. The van der Waals surface area contributed by atoms with Gasteiger partial charge < -0.3 is 10.5 Å². The zero-order valence-electron chi connectivity index (χ0n) is 8.93. The number of hydrogen-bond acceptors (Lipinski definition) is 5. The molecular formula is C10H14N4O2. The number of carbonyl (C=O) groups is 1. The van der Waals surface area contributed by atoms with Crippen molar-refractivity contribution in [3.63, 3.8) is 0 Å². The molecule has 1 aromatic carbocycles. The molecule has 0 bridgehead atoms. The predicted octanol–water partition coefficient (Wildman–Crippen LogP) is -0.401. The number of methoxy groups -OCH3 is 1. The first kappa shape index (κ1) is 12.2. The number of hydrogen-bond donors (Lipinski definition) is 3. The zero-order chi connectivity index (χ0) is 12.0. The molecule has 0 spiro atoms. The molecule has 0 amide bonds. The van der Waals surface area contributed by atoms with Crippen molar-refractivity contribution in [3.05, 3.63) is 35.4 Å². The molecule has 0 fully saturated rings. The van der Waals surface area contributed by atoms with Crippen LogP contribution < -0.4 is 17.1 Å². The summed E-state index contributed by atoms with van der Waals surface area (Å²) in [4.78, 5) is 11.4. The Morgan fingerprint density at radius 1 is 1.38 bits per heavy atom. The van der Waals surface area contributed by atoms with Crippen LogP contribution in [0.4, 0.5) is 0 Å². The first-order chi connectivity index (χ1) is 7.69. The SMILES string of the molecule is COCC(=O)c1ccc(/C(N)=N/NN)cc1. The van der Waals surface area contributed by atoms with Gasteiger partial charge in [-0.15, -0.1) is 5.10 Å². The zero-order valence-corrected chi connectivity index (χ0v) is 8.93. The molecule has 6 heteroatoms. The van der Waals surface area contributed by atoms with Crippen LogP contribution in [0.5, 0.6) is 0 Å². The molecule has 6 nitrogen and oxygen atoms in total. The van der Waals surface area contributed by atoms with Gasteiger partial charge in [0.05, 0.1) is 0 Å². The number of ketones is 1. The second-order valence-corrected chi connectivity index (χ2v) is 3.06. The normalized spacial score (nSPS) is 11.2. The van der Waals surface area contributed by atoms with E-state index in [1.54, 1.807) is 24.3 Å². The molecule has 0 aliphatic rings. The van der Waals surface area contributed by atoms with E-state index in [0.29, 0.717) is 11.1 Å². The Hall–Kier alpha value is -1.92. The highest BCUT2D eigenvalue weighted by molar-refractivity contribution is 6.00. The monoisotopic (exact) mass is 222 g/mol. The minimum atomic E-state index is -0.0819. The number of hydrazone groups is 1. The highest BCUT2D eigenvalue weighted by Crippen LogP contribution is 2.05. The molecule has 0 atom stereocenters. The topological polar surface area (TPSA) is 103 Å². The van der Waals surface area contributed by atoms with Crippen LogP contribution in [0.3, 0.4) is 0 Å². The first-order valence-electron chi connectivity index (χ1n) is 4.60. The molecule has 16 heavy (non-hydrogen) atoms. The summed E-state index contributed by atoms with van der Waals surface area (Å²) in [6, 6.07) is 6.71. The van der Waals surface area contributed by atoms with E-state index in [4.69, 9.17) is 16.3 Å². The second-order valence-electron chi connectivity index (χ2n) is 3.06. The van der Waals surface area contributed by atoms with E-state index < -0.39 is 0 Å². The lowest BCUT2D eigenvalue weighted by atomic mass is 10.1. The molecule has 0 radical (unpaired) electrons. The van der Waals surface area contributed by atoms with Gasteiger partial charge in [-0.1, -0.05) is 24.3 Å². The minimum Gasteiger partial charge on any atom is -0.382 e. The Morgan fingerprint density at radius 2 is 1.94 bits per heavy atom. The van der Waals surface area contributed by atoms with Gasteiger partial charge in [0.2, 0.25) is 0 Å². The summed E-state index contributed by atoms with van der Waals surface area (Å²) in [5.41, 5.74) is 8.94. The van der Waals surface area contributed by atoms with E-state index in [0.717, 1.165) is 0 Å². The summed E-state index contributed by atoms with van der Waals surface area (Å²) in [7, 11) is 1.48. The van der Waals surface area contributed by atoms with Crippen LogP contribution in [-0.4, -0.2) is 25.3 Å². The Balaban J connectivity index is 2.83. The summed E-state index contributed by atoms with van der Waals surface area (Å²) < 4.78 is 4.75. The lowest BCUT2D eigenvalue weighted by Crippen LogP contribution is -2.23. The summed E-state index contributed by atoms with van der Waals surface area (Å²) in [6.07, 6.45) is 0. The molecule has 0 aliphatic carbocycles. The van der Waals surface area contributed by atoms with Gasteiger partial charge in [0.1, 0.15) is 6.61 Å². The fourth-order valence-corrected chi connectivity index (χ4v) is 1.18. The molecule has 0 unspecified atom stereocenters. The molecule has 86 valence electrons. The molecule has 5 N–H and O–H groups in total. The summed E-state index contributed by atoms with van der Waals surface area (Å²) in [6.45, 7) is 0.0628. The number of nitrogens with zero attached hydrogens (tertiary/aromatic N) is 1. The van der Waals surface area contributed by atoms with E-state index >= 15 is 0 Å². The molecule has 0 aromatic heterocycles. The largest absolute Gasteiger partial charge is 0.382 e. The van der Waals surface area contributed by atoms with Crippen molar-refractivity contribution in [2.24, 2.45) is 16.7 Å². The maximum atomic E-state index is 11.4. The Kier molecular flexibility index (Phi) is 4.43. The van der Waals surface area contributed by atoms with Gasteiger partial charge in [-0.2, -0.15) is 0 Å². The fraction of sp³-hybridized carbons (Fsp3) is 0.200. The van der Waals surface area contributed by atoms with Crippen molar-refractivity contribution < 1.29 is 9.53 Å². The van der Waals surface area contributed by atoms with Crippen LogP contribution in [0.2, 0.25) is 0 Å². The van der Waals surface area contributed by atoms with E-state index in [9.17, 15) is 4.79 Å². The van der Waals surface area contributed by atoms with Crippen molar-refractivity contribution in [1.29, 1.82) is 0 Å². The smallest absolute Gasteiger partial charge is 0.188 e. The highest BCUT2D eigenvalue weighted by Gasteiger charge is 2.05. The van der Waals surface area contributed by atoms with Gasteiger partial charge in [0.15, 0.2) is 11.6 Å². The van der Waals surface area contributed by atoms with Gasteiger partial charge in [0.25, 0.3) is 0 Å². The maximum Gasteiger partial charge on any atom is 0.188 e. The molecule has 0 aliphatic heterocycles. The quantitative estimate of drug-likeness (QED) is 0.207. The lowest BCUT2D eigenvalue weighted by Gasteiger charge is -2.02. The molecule has 0 saturated heterocycles. The van der Waals surface area contributed by atoms with Crippen molar-refractivity contribution in [1.82, 2.24) is 5.53 Å². The van der Waals surface area contributed by atoms with E-state index in [1.165, 1.54) is 7.11 Å². The van der Waals surface area contributed by atoms with Crippen LogP contribution in [0.25, 0.3) is 0 Å². The molecule has 1 rings (SSSR count). The fourth-order valence-electron chi connectivity index (χ4n) is 1.18. The Labute approximate surface area is 93.2 Å². The summed E-state index contributed by atoms with van der Waals surface area (Å²) in [5.74, 6) is 5.17. The number of carbonyl (C=O) groups excluding carboxylic acids is 1. The van der Waals surface area contributed by atoms with Gasteiger partial charge in [-0.3, -0.25) is 4.79 Å². The van der Waals surface area contributed by atoms with Crippen LogP contribution in [0.1, 0.15) is 15.9 Å². The number of rotatable bonds is 5. The number of hydrazine groups is 1. The van der Waals surface area contributed by atoms with E-state index in [2.05, 4.69) is 10.6 Å². The van der Waals surface area contributed by atoms with Crippen LogP contribution in [-0.2, 0) is 4.74 Å². The lowest BCUT2D eigenvalue weighted by molar-refractivity contribution is 0.0848. The van der Waals surface area contributed by atoms with Crippen LogP contribution in [0, 0.1) is 0 Å². The van der Waals surface area contributed by atoms with Gasteiger partial charge in [-0.25, -0.2) is 11.4 Å². The number of benzene rings is 1. The second kappa shape index (κ2) is 5.84. The van der Waals surface area contributed by atoms with Crippen molar-refractivity contribution >= 4 is 11.6 Å². The average molecular weight is 222 g/mol. The third kappa shape index (κ3) is 3.04. The molecule has 0 heterocycles. The molecular weight excluding hydrogens is 208 g/mol. The maximum absolute atomic E-state index is 11.4. The van der Waals surface area contributed by atoms with Gasteiger partial charge >= 0.3 is 0 Å². The number of nitrogens with one attached hydrogen (secondary N) is 1. The van der Waals surface area contributed by atoms with Crippen molar-refractivity contribution in [2.45, 2.75) is 0 Å². The van der Waals surface area contributed by atoms with Gasteiger partial charge in [-0.05, 0) is 0 Å². The van der Waals surface area contributed by atoms with Crippen molar-refractivity contribution in [3.8, 4) is 0 Å². The summed E-state index contributed by atoms with van der Waals surface area (Å²) in [5, 5.41) is 3.62. The third-order valence-corrected chi connectivity index (χ3v) is 1.96. The van der Waals surface area contributed by atoms with Gasteiger partial charge in [0, 0.05) is 18.2 Å². The predicted molar refractivity (Wildman–Crippen MR) is 60.7 cm³/mol. The van der Waals surface area contributed by atoms with E-state index in [-0.39, 0.29) is 18.2 Å². The molecule has 0 saturated carbocycles. The highest BCUT2D eigenvalue weighted by atomic mass is 16.5. The van der Waals surface area contributed by atoms with Crippen LogP contribution >= 0.6 is 0 Å². The molecule has 1 aromatic rings. The minimum absolute atomic E-state index is 0.0628. The average Bonchev–Trinajstić information content (AvgIpc) is 2.30.